The van der Waals surface area contributed by atoms with E-state index in [0.29, 0.717) is 21.3 Å². The summed E-state index contributed by atoms with van der Waals surface area (Å²) in [5, 5.41) is 2.84. The van der Waals surface area contributed by atoms with E-state index in [4.69, 9.17) is 23.2 Å². The SMILES string of the molecule is Cc1ccc(NC(=O)CN2C(=O)S/C(=C/c3cccc(Cl)c3Cl)C2=O)cc1C. The lowest BCUT2D eigenvalue weighted by atomic mass is 10.1. The molecular weight excluding hydrogens is 419 g/mol. The first kappa shape index (κ1) is 20.5. The second kappa shape index (κ2) is 8.39. The highest BCUT2D eigenvalue weighted by atomic mass is 35.5. The van der Waals surface area contributed by atoms with Crippen molar-refractivity contribution in [1.82, 2.24) is 4.90 Å². The Hall–Kier alpha value is -2.28. The van der Waals surface area contributed by atoms with Crippen molar-refractivity contribution in [3.8, 4) is 0 Å². The van der Waals surface area contributed by atoms with Crippen molar-refractivity contribution in [3.63, 3.8) is 0 Å². The number of aryl methyl sites for hydroxylation is 2. The molecule has 0 spiro atoms. The third-order valence-electron chi connectivity index (χ3n) is 4.23. The first-order valence-corrected chi connectivity index (χ1v) is 9.90. The molecule has 1 saturated heterocycles. The predicted molar refractivity (Wildman–Crippen MR) is 114 cm³/mol. The Balaban J connectivity index is 1.73. The molecule has 3 amide bonds. The van der Waals surface area contributed by atoms with Crippen LogP contribution in [0.3, 0.4) is 0 Å². The number of carbonyl (C=O) groups is 3. The van der Waals surface area contributed by atoms with Crippen LogP contribution >= 0.6 is 35.0 Å². The third kappa shape index (κ3) is 4.41. The van der Waals surface area contributed by atoms with E-state index in [2.05, 4.69) is 5.32 Å². The van der Waals surface area contributed by atoms with Crippen LogP contribution < -0.4 is 5.32 Å². The van der Waals surface area contributed by atoms with Crippen LogP contribution in [0.2, 0.25) is 10.0 Å². The Morgan fingerprint density at radius 1 is 1.14 bits per heavy atom. The summed E-state index contributed by atoms with van der Waals surface area (Å²) in [5.74, 6) is -0.992. The molecule has 1 aliphatic rings. The maximum absolute atomic E-state index is 12.6. The summed E-state index contributed by atoms with van der Waals surface area (Å²) >= 11 is 12.9. The third-order valence-corrected chi connectivity index (χ3v) is 5.97. The van der Waals surface area contributed by atoms with Crippen LogP contribution in [0.5, 0.6) is 0 Å². The number of halogens is 2. The second-order valence-electron chi connectivity index (χ2n) is 6.26. The topological polar surface area (TPSA) is 66.5 Å². The van der Waals surface area contributed by atoms with Gasteiger partial charge in [0.05, 0.1) is 15.0 Å². The van der Waals surface area contributed by atoms with Crippen LogP contribution in [0.4, 0.5) is 10.5 Å². The van der Waals surface area contributed by atoms with Crippen molar-refractivity contribution in [1.29, 1.82) is 0 Å². The maximum atomic E-state index is 12.6. The molecular formula is C20H16Cl2N2O3S. The number of hydrogen-bond donors (Lipinski definition) is 1. The number of nitrogens with zero attached hydrogens (tertiary/aromatic N) is 1. The smallest absolute Gasteiger partial charge is 0.294 e. The second-order valence-corrected chi connectivity index (χ2v) is 8.04. The van der Waals surface area contributed by atoms with Crippen LogP contribution in [-0.2, 0) is 9.59 Å². The standard InChI is InChI=1S/C20H16Cl2N2O3S/c1-11-6-7-14(8-12(11)2)23-17(25)10-24-19(26)16(28-20(24)27)9-13-4-3-5-15(21)18(13)22/h3-9H,10H2,1-2H3,(H,23,25)/b16-9+. The van der Waals surface area contributed by atoms with Crippen molar-refractivity contribution < 1.29 is 14.4 Å². The summed E-state index contributed by atoms with van der Waals surface area (Å²) in [4.78, 5) is 38.2. The molecule has 1 N–H and O–H groups in total. The van der Waals surface area contributed by atoms with Crippen molar-refractivity contribution in [2.45, 2.75) is 13.8 Å². The van der Waals surface area contributed by atoms with E-state index in [1.54, 1.807) is 24.3 Å². The fraction of sp³-hybridized carbons (Fsp3) is 0.150. The van der Waals surface area contributed by atoms with Gasteiger partial charge in [0.1, 0.15) is 6.54 Å². The highest BCUT2D eigenvalue weighted by molar-refractivity contribution is 8.18. The molecule has 0 aliphatic carbocycles. The highest BCUT2D eigenvalue weighted by Crippen LogP contribution is 2.35. The molecule has 2 aromatic carbocycles. The number of carbonyl (C=O) groups excluding carboxylic acids is 3. The summed E-state index contributed by atoms with van der Waals surface area (Å²) in [6, 6.07) is 10.5. The molecule has 144 valence electrons. The molecule has 0 atom stereocenters. The van der Waals surface area contributed by atoms with E-state index in [1.165, 1.54) is 6.08 Å². The number of hydrogen-bond acceptors (Lipinski definition) is 4. The van der Waals surface area contributed by atoms with E-state index in [-0.39, 0.29) is 11.4 Å². The minimum absolute atomic E-state index is 0.188. The fourth-order valence-corrected chi connectivity index (χ4v) is 3.76. The molecule has 8 heteroatoms. The Labute approximate surface area is 176 Å². The van der Waals surface area contributed by atoms with Gasteiger partial charge in [-0.3, -0.25) is 19.3 Å². The van der Waals surface area contributed by atoms with Gasteiger partial charge in [-0.15, -0.1) is 0 Å². The summed E-state index contributed by atoms with van der Waals surface area (Å²) in [5.41, 5.74) is 3.28. The van der Waals surface area contributed by atoms with Gasteiger partial charge in [-0.05, 0) is 66.6 Å². The van der Waals surface area contributed by atoms with Gasteiger partial charge in [0, 0.05) is 5.69 Å². The minimum Gasteiger partial charge on any atom is -0.325 e. The Bertz CT molecular complexity index is 1020. The van der Waals surface area contributed by atoms with E-state index in [9.17, 15) is 14.4 Å². The van der Waals surface area contributed by atoms with Crippen molar-refractivity contribution >= 4 is 63.8 Å². The lowest BCUT2D eigenvalue weighted by molar-refractivity contribution is -0.127. The molecule has 3 rings (SSSR count). The van der Waals surface area contributed by atoms with Crippen LogP contribution in [0.15, 0.2) is 41.3 Å². The van der Waals surface area contributed by atoms with Gasteiger partial charge >= 0.3 is 0 Å². The van der Waals surface area contributed by atoms with Crippen LogP contribution in [0, 0.1) is 13.8 Å². The molecule has 0 unspecified atom stereocenters. The number of thioether (sulfide) groups is 1. The zero-order chi connectivity index (χ0) is 20.4. The Kier molecular flexibility index (Phi) is 6.13. The molecule has 0 radical (unpaired) electrons. The van der Waals surface area contributed by atoms with Gasteiger partial charge in [0.15, 0.2) is 0 Å². The monoisotopic (exact) mass is 434 g/mol. The zero-order valence-electron chi connectivity index (χ0n) is 15.1. The lowest BCUT2D eigenvalue weighted by Crippen LogP contribution is -2.36. The van der Waals surface area contributed by atoms with Crippen molar-refractivity contribution in [2.24, 2.45) is 0 Å². The number of anilines is 1. The summed E-state index contributed by atoms with van der Waals surface area (Å²) in [6.07, 6.45) is 1.50. The molecule has 5 nitrogen and oxygen atoms in total. The molecule has 28 heavy (non-hydrogen) atoms. The number of nitrogens with one attached hydrogen (secondary N) is 1. The Morgan fingerprint density at radius 3 is 2.61 bits per heavy atom. The summed E-state index contributed by atoms with van der Waals surface area (Å²) in [6.45, 7) is 3.55. The summed E-state index contributed by atoms with van der Waals surface area (Å²) < 4.78 is 0. The molecule has 0 bridgehead atoms. The van der Waals surface area contributed by atoms with E-state index >= 15 is 0 Å². The molecule has 1 aliphatic heterocycles. The van der Waals surface area contributed by atoms with Gasteiger partial charge in [0.2, 0.25) is 5.91 Å². The van der Waals surface area contributed by atoms with Crippen molar-refractivity contribution in [2.75, 3.05) is 11.9 Å². The number of imide groups is 1. The fourth-order valence-electron chi connectivity index (χ4n) is 2.57. The van der Waals surface area contributed by atoms with Gasteiger partial charge in [0.25, 0.3) is 11.1 Å². The van der Waals surface area contributed by atoms with Crippen LogP contribution in [0.1, 0.15) is 16.7 Å². The predicted octanol–water partition coefficient (Wildman–Crippen LogP) is 5.29. The largest absolute Gasteiger partial charge is 0.325 e. The van der Waals surface area contributed by atoms with Gasteiger partial charge in [-0.25, -0.2) is 0 Å². The molecule has 1 fully saturated rings. The van der Waals surface area contributed by atoms with E-state index in [0.717, 1.165) is 27.8 Å². The van der Waals surface area contributed by atoms with Crippen molar-refractivity contribution in [3.05, 3.63) is 68.0 Å². The first-order valence-electron chi connectivity index (χ1n) is 8.32. The van der Waals surface area contributed by atoms with Crippen LogP contribution in [-0.4, -0.2) is 28.5 Å². The quantitative estimate of drug-likeness (QED) is 0.664. The molecule has 1 heterocycles. The molecule has 2 aromatic rings. The minimum atomic E-state index is -0.540. The zero-order valence-corrected chi connectivity index (χ0v) is 17.4. The number of amides is 3. The van der Waals surface area contributed by atoms with Crippen LogP contribution in [0.25, 0.3) is 6.08 Å². The van der Waals surface area contributed by atoms with Gasteiger partial charge in [-0.1, -0.05) is 41.4 Å². The lowest BCUT2D eigenvalue weighted by Gasteiger charge is -2.13. The summed E-state index contributed by atoms with van der Waals surface area (Å²) in [7, 11) is 0. The Morgan fingerprint density at radius 2 is 1.89 bits per heavy atom. The normalized spacial score (nSPS) is 15.4. The average Bonchev–Trinajstić information content (AvgIpc) is 2.89. The maximum Gasteiger partial charge on any atom is 0.294 e. The molecule has 0 saturated carbocycles. The average molecular weight is 435 g/mol. The highest BCUT2D eigenvalue weighted by Gasteiger charge is 2.36. The first-order chi connectivity index (χ1) is 13.3. The number of rotatable bonds is 4. The van der Waals surface area contributed by atoms with Gasteiger partial charge < -0.3 is 5.32 Å². The molecule has 0 aromatic heterocycles. The van der Waals surface area contributed by atoms with Gasteiger partial charge in [-0.2, -0.15) is 0 Å². The number of benzene rings is 2. The van der Waals surface area contributed by atoms with E-state index in [1.807, 2.05) is 26.0 Å². The van der Waals surface area contributed by atoms with E-state index < -0.39 is 17.1 Å².